The number of nitrogens with two attached hydrogens (primary N) is 1. The Labute approximate surface area is 107 Å². The smallest absolute Gasteiger partial charge is 0.237 e. The van der Waals surface area contributed by atoms with Crippen LogP contribution < -0.4 is 15.8 Å². The lowest BCUT2D eigenvalue weighted by Crippen LogP contribution is -2.54. The summed E-state index contributed by atoms with van der Waals surface area (Å²) in [4.78, 5) is 13.6. The Bertz CT molecular complexity index is 405. The molecule has 0 aromatic heterocycles. The van der Waals surface area contributed by atoms with Crippen LogP contribution in [-0.4, -0.2) is 43.1 Å². The van der Waals surface area contributed by atoms with Crippen molar-refractivity contribution >= 4 is 11.6 Å². The maximum atomic E-state index is 11.5. The number of amides is 1. The second kappa shape index (κ2) is 5.73. The fourth-order valence-corrected chi connectivity index (χ4v) is 1.98. The van der Waals surface area contributed by atoms with Crippen molar-refractivity contribution in [3.8, 4) is 5.75 Å². The molecule has 1 heterocycles. The third-order valence-corrected chi connectivity index (χ3v) is 3.15. The topological polar surface area (TPSA) is 67.6 Å². The summed E-state index contributed by atoms with van der Waals surface area (Å²) in [6.45, 7) is 4.82. The van der Waals surface area contributed by atoms with Gasteiger partial charge in [0.1, 0.15) is 12.4 Å². The van der Waals surface area contributed by atoms with Crippen LogP contribution in [0.15, 0.2) is 24.3 Å². The van der Waals surface area contributed by atoms with Crippen LogP contribution in [0.3, 0.4) is 0 Å². The molecule has 1 aliphatic heterocycles. The van der Waals surface area contributed by atoms with Crippen LogP contribution in [-0.2, 0) is 4.79 Å². The molecular weight excluding hydrogens is 230 g/mol. The van der Waals surface area contributed by atoms with E-state index in [0.717, 1.165) is 24.5 Å². The Kier molecular flexibility index (Phi) is 4.04. The zero-order chi connectivity index (χ0) is 13.0. The molecule has 0 radical (unpaired) electrons. The Morgan fingerprint density at radius 1 is 1.44 bits per heavy atom. The number of anilines is 1. The van der Waals surface area contributed by atoms with Gasteiger partial charge in [-0.2, -0.15) is 0 Å². The summed E-state index contributed by atoms with van der Waals surface area (Å²) < 4.78 is 5.62. The molecule has 1 aromatic rings. The second-order valence-electron chi connectivity index (χ2n) is 4.42. The molecule has 1 fully saturated rings. The number of hydrogen-bond donors (Lipinski definition) is 2. The number of rotatable bonds is 4. The highest BCUT2D eigenvalue weighted by Crippen LogP contribution is 2.13. The maximum absolute atomic E-state index is 11.5. The molecule has 1 aliphatic rings. The van der Waals surface area contributed by atoms with Crippen molar-refractivity contribution in [3.63, 3.8) is 0 Å². The minimum absolute atomic E-state index is 0.0752. The van der Waals surface area contributed by atoms with Gasteiger partial charge < -0.3 is 15.8 Å². The van der Waals surface area contributed by atoms with Crippen LogP contribution in [0.1, 0.15) is 6.92 Å². The largest absolute Gasteiger partial charge is 0.492 e. The molecule has 1 amide bonds. The lowest BCUT2D eigenvalue weighted by molar-refractivity contribution is -0.128. The van der Waals surface area contributed by atoms with Gasteiger partial charge in [0.2, 0.25) is 5.91 Å². The van der Waals surface area contributed by atoms with E-state index in [1.165, 1.54) is 0 Å². The van der Waals surface area contributed by atoms with Crippen molar-refractivity contribution in [3.05, 3.63) is 24.3 Å². The Balaban J connectivity index is 1.78. The van der Waals surface area contributed by atoms with Crippen LogP contribution in [0.2, 0.25) is 0 Å². The van der Waals surface area contributed by atoms with E-state index in [-0.39, 0.29) is 11.9 Å². The minimum atomic E-state index is -0.0752. The van der Waals surface area contributed by atoms with Crippen molar-refractivity contribution in [2.45, 2.75) is 13.0 Å². The molecule has 18 heavy (non-hydrogen) atoms. The van der Waals surface area contributed by atoms with Crippen molar-refractivity contribution in [2.75, 3.05) is 32.0 Å². The van der Waals surface area contributed by atoms with Crippen LogP contribution in [0.25, 0.3) is 0 Å². The van der Waals surface area contributed by atoms with Crippen LogP contribution >= 0.6 is 0 Å². The molecule has 2 rings (SSSR count). The molecule has 1 atom stereocenters. The first-order valence-electron chi connectivity index (χ1n) is 6.17. The molecule has 5 heteroatoms. The van der Waals surface area contributed by atoms with Crippen molar-refractivity contribution < 1.29 is 9.53 Å². The fourth-order valence-electron chi connectivity index (χ4n) is 1.98. The van der Waals surface area contributed by atoms with E-state index in [2.05, 4.69) is 10.2 Å². The van der Waals surface area contributed by atoms with E-state index in [4.69, 9.17) is 10.5 Å². The standard InChI is InChI=1S/C13H19N3O2/c1-10-13(17)15-6-7-16(10)8-9-18-12-4-2-11(14)3-5-12/h2-5,10H,6-9,14H2,1H3,(H,15,17). The third kappa shape index (κ3) is 3.13. The van der Waals surface area contributed by atoms with E-state index >= 15 is 0 Å². The van der Waals surface area contributed by atoms with Gasteiger partial charge in [-0.3, -0.25) is 9.69 Å². The first-order valence-corrected chi connectivity index (χ1v) is 6.17. The molecule has 0 aliphatic carbocycles. The first-order chi connectivity index (χ1) is 8.66. The van der Waals surface area contributed by atoms with Crippen molar-refractivity contribution in [1.82, 2.24) is 10.2 Å². The summed E-state index contributed by atoms with van der Waals surface area (Å²) in [5.41, 5.74) is 6.32. The molecule has 1 saturated heterocycles. The number of nitrogens with one attached hydrogen (secondary N) is 1. The summed E-state index contributed by atoms with van der Waals surface area (Å²) in [7, 11) is 0. The molecule has 1 aromatic carbocycles. The molecule has 0 bridgehead atoms. The summed E-state index contributed by atoms with van der Waals surface area (Å²) >= 11 is 0. The summed E-state index contributed by atoms with van der Waals surface area (Å²) in [5, 5.41) is 2.84. The highest BCUT2D eigenvalue weighted by atomic mass is 16.5. The van der Waals surface area contributed by atoms with Crippen molar-refractivity contribution in [2.24, 2.45) is 0 Å². The number of hydrogen-bond acceptors (Lipinski definition) is 4. The summed E-state index contributed by atoms with van der Waals surface area (Å²) in [5.74, 6) is 0.895. The van der Waals surface area contributed by atoms with Crippen LogP contribution in [0, 0.1) is 0 Å². The van der Waals surface area contributed by atoms with Crippen LogP contribution in [0.4, 0.5) is 5.69 Å². The third-order valence-electron chi connectivity index (χ3n) is 3.15. The molecule has 5 nitrogen and oxygen atoms in total. The zero-order valence-corrected chi connectivity index (χ0v) is 10.6. The predicted octanol–water partition coefficient (Wildman–Crippen LogP) is 0.468. The van der Waals surface area contributed by atoms with E-state index in [9.17, 15) is 4.79 Å². The molecule has 3 N–H and O–H groups in total. The average Bonchev–Trinajstić information content (AvgIpc) is 2.37. The van der Waals surface area contributed by atoms with Crippen LogP contribution in [0.5, 0.6) is 5.75 Å². The Morgan fingerprint density at radius 3 is 2.89 bits per heavy atom. The summed E-state index contributed by atoms with van der Waals surface area (Å²) in [6.07, 6.45) is 0. The zero-order valence-electron chi connectivity index (χ0n) is 10.6. The first kappa shape index (κ1) is 12.7. The number of nitrogens with zero attached hydrogens (tertiary/aromatic N) is 1. The highest BCUT2D eigenvalue weighted by molar-refractivity contribution is 5.81. The fraction of sp³-hybridized carbons (Fsp3) is 0.462. The van der Waals surface area contributed by atoms with E-state index in [1.54, 1.807) is 0 Å². The molecular formula is C13H19N3O2. The predicted molar refractivity (Wildman–Crippen MR) is 70.4 cm³/mol. The van der Waals surface area contributed by atoms with Gasteiger partial charge in [-0.1, -0.05) is 0 Å². The number of piperazine rings is 1. The number of ether oxygens (including phenoxy) is 1. The molecule has 0 spiro atoms. The second-order valence-corrected chi connectivity index (χ2v) is 4.42. The molecule has 1 unspecified atom stereocenters. The van der Waals surface area contributed by atoms with Gasteiger partial charge in [0, 0.05) is 25.3 Å². The number of nitrogen functional groups attached to an aromatic ring is 1. The number of carbonyl (C=O) groups excluding carboxylic acids is 1. The monoisotopic (exact) mass is 249 g/mol. The highest BCUT2D eigenvalue weighted by Gasteiger charge is 2.24. The van der Waals surface area contributed by atoms with Gasteiger partial charge in [0.05, 0.1) is 6.04 Å². The van der Waals surface area contributed by atoms with Gasteiger partial charge in [-0.25, -0.2) is 0 Å². The summed E-state index contributed by atoms with van der Waals surface area (Å²) in [6, 6.07) is 7.25. The Morgan fingerprint density at radius 2 is 2.17 bits per heavy atom. The normalized spacial score (nSPS) is 20.5. The van der Waals surface area contributed by atoms with Gasteiger partial charge in [-0.05, 0) is 31.2 Å². The van der Waals surface area contributed by atoms with Crippen molar-refractivity contribution in [1.29, 1.82) is 0 Å². The van der Waals surface area contributed by atoms with Gasteiger partial charge in [-0.15, -0.1) is 0 Å². The van der Waals surface area contributed by atoms with E-state index < -0.39 is 0 Å². The SMILES string of the molecule is CC1C(=O)NCCN1CCOc1ccc(N)cc1. The minimum Gasteiger partial charge on any atom is -0.492 e. The maximum Gasteiger partial charge on any atom is 0.237 e. The quantitative estimate of drug-likeness (QED) is 0.761. The van der Waals surface area contributed by atoms with E-state index in [0.29, 0.717) is 13.2 Å². The van der Waals surface area contributed by atoms with Gasteiger partial charge in [0.15, 0.2) is 0 Å². The molecule has 0 saturated carbocycles. The van der Waals surface area contributed by atoms with Gasteiger partial charge in [0.25, 0.3) is 0 Å². The molecule has 98 valence electrons. The number of benzene rings is 1. The Hall–Kier alpha value is -1.75. The van der Waals surface area contributed by atoms with E-state index in [1.807, 2.05) is 31.2 Å². The van der Waals surface area contributed by atoms with Gasteiger partial charge >= 0.3 is 0 Å². The average molecular weight is 249 g/mol. The lowest BCUT2D eigenvalue weighted by atomic mass is 10.2. The lowest BCUT2D eigenvalue weighted by Gasteiger charge is -2.32. The number of carbonyl (C=O) groups is 1.